The van der Waals surface area contributed by atoms with Gasteiger partial charge in [0.25, 0.3) is 11.8 Å². The van der Waals surface area contributed by atoms with Gasteiger partial charge in [0.2, 0.25) is 0 Å². The smallest absolute Gasteiger partial charge is 0.271 e. The highest BCUT2D eigenvalue weighted by atomic mass is 19.1. The number of likely N-dealkylation sites (N-methyl/N-ethyl adjacent to an activating group) is 2. The normalized spacial score (nSPS) is 20.9. The Morgan fingerprint density at radius 1 is 1.17 bits per heavy atom. The summed E-state index contributed by atoms with van der Waals surface area (Å²) in [5.74, 6) is -0.875. The van der Waals surface area contributed by atoms with Crippen molar-refractivity contribution in [3.63, 3.8) is 0 Å². The zero-order chi connectivity index (χ0) is 21.3. The minimum atomic E-state index is -1.11. The molecule has 2 aromatic rings. The Morgan fingerprint density at radius 2 is 1.86 bits per heavy atom. The maximum absolute atomic E-state index is 13.6. The second kappa shape index (κ2) is 7.51. The molecule has 3 rings (SSSR count). The number of rotatable bonds is 3. The fourth-order valence-electron chi connectivity index (χ4n) is 3.59. The molecule has 0 spiro atoms. The van der Waals surface area contributed by atoms with Gasteiger partial charge in [-0.2, -0.15) is 5.26 Å². The number of piperazine rings is 1. The summed E-state index contributed by atoms with van der Waals surface area (Å²) < 4.78 is 13.6. The molecule has 0 bridgehead atoms. The predicted molar refractivity (Wildman–Crippen MR) is 108 cm³/mol. The van der Waals surface area contributed by atoms with E-state index in [1.807, 2.05) is 0 Å². The fraction of sp³-hybridized carbons (Fsp3) is 0.261. The molecule has 2 amide bonds. The summed E-state index contributed by atoms with van der Waals surface area (Å²) in [5.41, 5.74) is 1.35. The third-order valence-corrected chi connectivity index (χ3v) is 5.53. The van der Waals surface area contributed by atoms with Gasteiger partial charge in [-0.15, -0.1) is 0 Å². The Hall–Kier alpha value is -3.46. The number of nitrogens with zero attached hydrogens (tertiary/aromatic N) is 3. The number of carbonyl (C=O) groups is 2. The van der Waals surface area contributed by atoms with E-state index in [1.54, 1.807) is 70.4 Å². The largest absolute Gasteiger partial charge is 0.326 e. The lowest BCUT2D eigenvalue weighted by Crippen LogP contribution is -2.64. The Balaban J connectivity index is 1.99. The van der Waals surface area contributed by atoms with Crippen LogP contribution >= 0.6 is 0 Å². The number of nitriles is 1. The SMILES string of the molecule is Cc1cc(CC2(C)C(=O)N(C)/C(=C\c3ccccc3C#N)C(=O)N2C)ccc1F. The molecule has 2 aromatic carbocycles. The van der Waals surface area contributed by atoms with Crippen molar-refractivity contribution >= 4 is 17.9 Å². The summed E-state index contributed by atoms with van der Waals surface area (Å²) in [6, 6.07) is 13.7. The second-order valence-corrected chi connectivity index (χ2v) is 7.49. The lowest BCUT2D eigenvalue weighted by atomic mass is 9.86. The van der Waals surface area contributed by atoms with Crippen LogP contribution in [0.2, 0.25) is 0 Å². The molecule has 0 aliphatic carbocycles. The summed E-state index contributed by atoms with van der Waals surface area (Å²) >= 11 is 0. The molecule has 1 atom stereocenters. The van der Waals surface area contributed by atoms with E-state index in [-0.39, 0.29) is 29.7 Å². The van der Waals surface area contributed by atoms with E-state index in [0.717, 1.165) is 5.56 Å². The lowest BCUT2D eigenvalue weighted by Gasteiger charge is -2.45. The molecule has 148 valence electrons. The highest BCUT2D eigenvalue weighted by molar-refractivity contribution is 6.08. The first kappa shape index (κ1) is 20.3. The zero-order valence-corrected chi connectivity index (χ0v) is 16.9. The first-order chi connectivity index (χ1) is 13.7. The highest BCUT2D eigenvalue weighted by Gasteiger charge is 2.48. The van der Waals surface area contributed by atoms with Crippen molar-refractivity contribution in [2.45, 2.75) is 25.8 Å². The number of benzene rings is 2. The van der Waals surface area contributed by atoms with Gasteiger partial charge in [0.15, 0.2) is 0 Å². The van der Waals surface area contributed by atoms with Crippen LogP contribution in [0.25, 0.3) is 6.08 Å². The van der Waals surface area contributed by atoms with E-state index in [1.165, 1.54) is 15.9 Å². The van der Waals surface area contributed by atoms with E-state index in [4.69, 9.17) is 0 Å². The Kier molecular flexibility index (Phi) is 5.25. The third-order valence-electron chi connectivity index (χ3n) is 5.53. The number of hydrogen-bond acceptors (Lipinski definition) is 3. The van der Waals surface area contributed by atoms with Crippen LogP contribution in [-0.2, 0) is 16.0 Å². The van der Waals surface area contributed by atoms with Gasteiger partial charge in [0.05, 0.1) is 11.6 Å². The van der Waals surface area contributed by atoms with Gasteiger partial charge in [-0.1, -0.05) is 30.3 Å². The number of amides is 2. The quantitative estimate of drug-likeness (QED) is 0.755. The van der Waals surface area contributed by atoms with Crippen LogP contribution < -0.4 is 0 Å². The van der Waals surface area contributed by atoms with Gasteiger partial charge in [0, 0.05) is 20.5 Å². The van der Waals surface area contributed by atoms with Crippen molar-refractivity contribution in [2.24, 2.45) is 0 Å². The van der Waals surface area contributed by atoms with Crippen LogP contribution in [0.1, 0.15) is 29.2 Å². The zero-order valence-electron chi connectivity index (χ0n) is 16.9. The Bertz CT molecular complexity index is 1070. The maximum Gasteiger partial charge on any atom is 0.271 e. The summed E-state index contributed by atoms with van der Waals surface area (Å²) in [5, 5.41) is 9.29. The average Bonchev–Trinajstić information content (AvgIpc) is 2.71. The Labute approximate surface area is 169 Å². The van der Waals surface area contributed by atoms with Crippen molar-refractivity contribution in [1.82, 2.24) is 9.80 Å². The maximum atomic E-state index is 13.6. The van der Waals surface area contributed by atoms with E-state index in [0.29, 0.717) is 16.7 Å². The topological polar surface area (TPSA) is 64.4 Å². The molecule has 0 aromatic heterocycles. The molecule has 1 saturated heterocycles. The summed E-state index contributed by atoms with van der Waals surface area (Å²) in [7, 11) is 3.15. The summed E-state index contributed by atoms with van der Waals surface area (Å²) in [6.45, 7) is 3.38. The number of aryl methyl sites for hydroxylation is 1. The molecule has 1 aliphatic rings. The van der Waals surface area contributed by atoms with Gasteiger partial charge >= 0.3 is 0 Å². The monoisotopic (exact) mass is 391 g/mol. The molecule has 1 unspecified atom stereocenters. The molecule has 1 fully saturated rings. The summed E-state index contributed by atoms with van der Waals surface area (Å²) in [6.07, 6.45) is 1.83. The van der Waals surface area contributed by atoms with Gasteiger partial charge in [-0.05, 0) is 48.7 Å². The molecular formula is C23H22FN3O2. The minimum absolute atomic E-state index is 0.202. The number of carbonyl (C=O) groups excluding carboxylic acids is 2. The van der Waals surface area contributed by atoms with Crippen LogP contribution in [0.3, 0.4) is 0 Å². The average molecular weight is 391 g/mol. The molecular weight excluding hydrogens is 369 g/mol. The third kappa shape index (κ3) is 3.52. The van der Waals surface area contributed by atoms with Crippen LogP contribution in [0.5, 0.6) is 0 Å². The van der Waals surface area contributed by atoms with Crippen molar-refractivity contribution in [2.75, 3.05) is 14.1 Å². The van der Waals surface area contributed by atoms with Crippen LogP contribution in [0.4, 0.5) is 4.39 Å². The molecule has 1 heterocycles. The Morgan fingerprint density at radius 3 is 2.52 bits per heavy atom. The van der Waals surface area contributed by atoms with E-state index >= 15 is 0 Å². The summed E-state index contributed by atoms with van der Waals surface area (Å²) in [4.78, 5) is 29.2. The molecule has 1 aliphatic heterocycles. The van der Waals surface area contributed by atoms with Gasteiger partial charge in [-0.25, -0.2) is 4.39 Å². The first-order valence-corrected chi connectivity index (χ1v) is 9.21. The molecule has 0 radical (unpaired) electrons. The molecule has 0 N–H and O–H groups in total. The van der Waals surface area contributed by atoms with E-state index < -0.39 is 5.54 Å². The molecule has 29 heavy (non-hydrogen) atoms. The van der Waals surface area contributed by atoms with Gasteiger partial charge in [0.1, 0.15) is 17.1 Å². The van der Waals surface area contributed by atoms with Crippen molar-refractivity contribution in [1.29, 1.82) is 5.26 Å². The standard InChI is InChI=1S/C23H22FN3O2/c1-15-11-16(9-10-19(15)24)13-23(2)22(29)26(3)20(21(28)27(23)4)12-17-7-5-6-8-18(17)14-25/h5-12H,13H2,1-4H3/b20-12-. The van der Waals surface area contributed by atoms with Crippen LogP contribution in [0.15, 0.2) is 48.2 Å². The predicted octanol–water partition coefficient (Wildman–Crippen LogP) is 3.28. The fourth-order valence-corrected chi connectivity index (χ4v) is 3.59. The second-order valence-electron chi connectivity index (χ2n) is 7.49. The first-order valence-electron chi connectivity index (χ1n) is 9.21. The molecule has 0 saturated carbocycles. The van der Waals surface area contributed by atoms with Crippen LogP contribution in [-0.4, -0.2) is 41.2 Å². The number of hydrogen-bond donors (Lipinski definition) is 0. The molecule has 6 heteroatoms. The van der Waals surface area contributed by atoms with Gasteiger partial charge < -0.3 is 9.80 Å². The lowest BCUT2D eigenvalue weighted by molar-refractivity contribution is -0.155. The van der Waals surface area contributed by atoms with Crippen molar-refractivity contribution < 1.29 is 14.0 Å². The van der Waals surface area contributed by atoms with Crippen molar-refractivity contribution in [3.8, 4) is 6.07 Å². The van der Waals surface area contributed by atoms with Gasteiger partial charge in [-0.3, -0.25) is 9.59 Å². The molecule has 5 nitrogen and oxygen atoms in total. The minimum Gasteiger partial charge on any atom is -0.326 e. The van der Waals surface area contributed by atoms with Crippen molar-refractivity contribution in [3.05, 3.63) is 76.2 Å². The highest BCUT2D eigenvalue weighted by Crippen LogP contribution is 2.31. The number of halogens is 1. The van der Waals surface area contributed by atoms with Crippen LogP contribution in [0, 0.1) is 24.1 Å². The van der Waals surface area contributed by atoms with E-state index in [2.05, 4.69) is 6.07 Å². The van der Waals surface area contributed by atoms with E-state index in [9.17, 15) is 19.2 Å².